The van der Waals surface area contributed by atoms with Gasteiger partial charge in [-0.1, -0.05) is 12.1 Å². The zero-order chi connectivity index (χ0) is 13.1. The summed E-state index contributed by atoms with van der Waals surface area (Å²) in [5.74, 6) is 1.91. The van der Waals surface area contributed by atoms with Crippen molar-refractivity contribution in [2.24, 2.45) is 0 Å². The van der Waals surface area contributed by atoms with Crippen LogP contribution in [0.5, 0.6) is 5.75 Å². The minimum atomic E-state index is 0.546. The first-order chi connectivity index (χ1) is 9.38. The molecule has 0 saturated carbocycles. The van der Waals surface area contributed by atoms with Gasteiger partial charge in [-0.15, -0.1) is 0 Å². The molecular weight excluding hydrogens is 238 g/mol. The highest BCUT2D eigenvalue weighted by Gasteiger charge is 2.18. The quantitative estimate of drug-likeness (QED) is 0.918. The summed E-state index contributed by atoms with van der Waals surface area (Å²) < 4.78 is 7.59. The fourth-order valence-electron chi connectivity index (χ4n) is 2.68. The average Bonchev–Trinajstić information content (AvgIpc) is 2.98. The Kier molecular flexibility index (Phi) is 3.51. The van der Waals surface area contributed by atoms with E-state index in [0.29, 0.717) is 6.04 Å². The van der Waals surface area contributed by atoms with Crippen molar-refractivity contribution in [3.63, 3.8) is 0 Å². The molecule has 4 nitrogen and oxygen atoms in total. The molecule has 2 aromatic rings. The average molecular weight is 257 g/mol. The van der Waals surface area contributed by atoms with Crippen LogP contribution in [0.15, 0.2) is 36.7 Å². The van der Waals surface area contributed by atoms with Gasteiger partial charge < -0.3 is 14.6 Å². The Hall–Kier alpha value is -1.81. The molecular formula is C15H19N3O. The number of aromatic nitrogens is 2. The van der Waals surface area contributed by atoms with Crippen molar-refractivity contribution in [2.75, 3.05) is 20.2 Å². The van der Waals surface area contributed by atoms with Crippen molar-refractivity contribution >= 4 is 0 Å². The fourth-order valence-corrected chi connectivity index (χ4v) is 2.68. The second-order valence-corrected chi connectivity index (χ2v) is 4.87. The number of piperidine rings is 1. The summed E-state index contributed by atoms with van der Waals surface area (Å²) in [6.07, 6.45) is 6.29. The third kappa shape index (κ3) is 2.49. The van der Waals surface area contributed by atoms with Gasteiger partial charge in [0.05, 0.1) is 7.11 Å². The second-order valence-electron chi connectivity index (χ2n) is 4.87. The van der Waals surface area contributed by atoms with Gasteiger partial charge >= 0.3 is 0 Å². The Labute approximate surface area is 113 Å². The van der Waals surface area contributed by atoms with Crippen LogP contribution in [0.3, 0.4) is 0 Å². The topological polar surface area (TPSA) is 39.1 Å². The number of ether oxygens (including phenoxy) is 1. The molecule has 1 aliphatic heterocycles. The number of benzene rings is 1. The van der Waals surface area contributed by atoms with Crippen molar-refractivity contribution in [2.45, 2.75) is 18.9 Å². The van der Waals surface area contributed by atoms with E-state index >= 15 is 0 Å². The number of nitrogens with zero attached hydrogens (tertiary/aromatic N) is 2. The standard InChI is InChI=1S/C15H19N3O/c1-19-14-4-2-3-12(11-14)15-17-9-10-18(15)13-5-7-16-8-6-13/h2-4,9-11,13,16H,5-8H2,1H3. The van der Waals surface area contributed by atoms with E-state index in [4.69, 9.17) is 4.74 Å². The summed E-state index contributed by atoms with van der Waals surface area (Å²) in [5, 5.41) is 3.40. The first kappa shape index (κ1) is 12.2. The van der Waals surface area contributed by atoms with Gasteiger partial charge in [-0.3, -0.25) is 0 Å². The summed E-state index contributed by atoms with van der Waals surface area (Å²) in [7, 11) is 1.69. The molecule has 2 heterocycles. The Morgan fingerprint density at radius 1 is 1.32 bits per heavy atom. The van der Waals surface area contributed by atoms with Crippen molar-refractivity contribution in [1.29, 1.82) is 0 Å². The van der Waals surface area contributed by atoms with Crippen LogP contribution >= 0.6 is 0 Å². The van der Waals surface area contributed by atoms with Crippen molar-refractivity contribution in [3.8, 4) is 17.1 Å². The summed E-state index contributed by atoms with van der Waals surface area (Å²) in [6, 6.07) is 8.64. The van der Waals surface area contributed by atoms with E-state index in [0.717, 1.165) is 43.1 Å². The molecule has 1 saturated heterocycles. The van der Waals surface area contributed by atoms with E-state index in [-0.39, 0.29) is 0 Å². The van der Waals surface area contributed by atoms with E-state index in [1.54, 1.807) is 7.11 Å². The molecule has 1 aromatic heterocycles. The Morgan fingerprint density at radius 2 is 2.16 bits per heavy atom. The third-order valence-electron chi connectivity index (χ3n) is 3.70. The minimum absolute atomic E-state index is 0.546. The molecule has 0 radical (unpaired) electrons. The maximum Gasteiger partial charge on any atom is 0.140 e. The predicted octanol–water partition coefficient (Wildman–Crippen LogP) is 2.48. The lowest BCUT2D eigenvalue weighted by Crippen LogP contribution is -2.29. The molecule has 0 amide bonds. The maximum absolute atomic E-state index is 5.29. The minimum Gasteiger partial charge on any atom is -0.497 e. The van der Waals surface area contributed by atoms with E-state index < -0.39 is 0 Å². The molecule has 19 heavy (non-hydrogen) atoms. The Bertz CT molecular complexity index is 544. The van der Waals surface area contributed by atoms with Crippen molar-refractivity contribution < 1.29 is 4.74 Å². The molecule has 1 aromatic carbocycles. The lowest BCUT2D eigenvalue weighted by atomic mass is 10.1. The van der Waals surface area contributed by atoms with Gasteiger partial charge in [0, 0.05) is 24.0 Å². The smallest absolute Gasteiger partial charge is 0.140 e. The molecule has 0 unspecified atom stereocenters. The van der Waals surface area contributed by atoms with Crippen LogP contribution in [0.4, 0.5) is 0 Å². The van der Waals surface area contributed by atoms with Gasteiger partial charge in [0.2, 0.25) is 0 Å². The normalized spacial score (nSPS) is 16.5. The number of rotatable bonds is 3. The van der Waals surface area contributed by atoms with Crippen LogP contribution in [0, 0.1) is 0 Å². The molecule has 1 N–H and O–H groups in total. The number of hydrogen-bond acceptors (Lipinski definition) is 3. The molecule has 1 fully saturated rings. The SMILES string of the molecule is COc1cccc(-c2nccn2C2CCNCC2)c1. The van der Waals surface area contributed by atoms with Crippen LogP contribution in [-0.4, -0.2) is 29.8 Å². The highest BCUT2D eigenvalue weighted by molar-refractivity contribution is 5.58. The molecule has 100 valence electrons. The molecule has 0 spiro atoms. The lowest BCUT2D eigenvalue weighted by Gasteiger charge is -2.25. The molecule has 4 heteroatoms. The highest BCUT2D eigenvalue weighted by Crippen LogP contribution is 2.28. The largest absolute Gasteiger partial charge is 0.497 e. The zero-order valence-corrected chi connectivity index (χ0v) is 11.2. The van der Waals surface area contributed by atoms with E-state index in [1.165, 1.54) is 0 Å². The first-order valence-electron chi connectivity index (χ1n) is 6.76. The van der Waals surface area contributed by atoms with Crippen molar-refractivity contribution in [1.82, 2.24) is 14.9 Å². The van der Waals surface area contributed by atoms with Gasteiger partial charge in [0.15, 0.2) is 0 Å². The van der Waals surface area contributed by atoms with Gasteiger partial charge in [0.25, 0.3) is 0 Å². The number of hydrogen-bond donors (Lipinski definition) is 1. The summed E-state index contributed by atoms with van der Waals surface area (Å²) in [5.41, 5.74) is 1.11. The number of nitrogens with one attached hydrogen (secondary N) is 1. The van der Waals surface area contributed by atoms with Crippen LogP contribution in [0.1, 0.15) is 18.9 Å². The number of methoxy groups -OCH3 is 1. The molecule has 1 aliphatic rings. The summed E-state index contributed by atoms with van der Waals surface area (Å²) in [4.78, 5) is 4.52. The fraction of sp³-hybridized carbons (Fsp3) is 0.400. The Balaban J connectivity index is 1.94. The Morgan fingerprint density at radius 3 is 2.95 bits per heavy atom. The summed E-state index contributed by atoms with van der Waals surface area (Å²) >= 11 is 0. The lowest BCUT2D eigenvalue weighted by molar-refractivity contribution is 0.370. The molecule has 0 bridgehead atoms. The third-order valence-corrected chi connectivity index (χ3v) is 3.70. The van der Waals surface area contributed by atoms with Gasteiger partial charge in [-0.2, -0.15) is 0 Å². The van der Waals surface area contributed by atoms with Gasteiger partial charge in [-0.25, -0.2) is 4.98 Å². The maximum atomic E-state index is 5.29. The highest BCUT2D eigenvalue weighted by atomic mass is 16.5. The predicted molar refractivity (Wildman–Crippen MR) is 75.4 cm³/mol. The van der Waals surface area contributed by atoms with E-state index in [1.807, 2.05) is 24.4 Å². The zero-order valence-electron chi connectivity index (χ0n) is 11.2. The van der Waals surface area contributed by atoms with Crippen LogP contribution in [0.2, 0.25) is 0 Å². The van der Waals surface area contributed by atoms with Crippen LogP contribution < -0.4 is 10.1 Å². The molecule has 3 rings (SSSR count). The van der Waals surface area contributed by atoms with E-state index in [9.17, 15) is 0 Å². The van der Waals surface area contributed by atoms with E-state index in [2.05, 4.69) is 27.1 Å². The molecule has 0 atom stereocenters. The van der Waals surface area contributed by atoms with Gasteiger partial charge in [-0.05, 0) is 38.1 Å². The first-order valence-corrected chi connectivity index (χ1v) is 6.76. The van der Waals surface area contributed by atoms with Gasteiger partial charge in [0.1, 0.15) is 11.6 Å². The van der Waals surface area contributed by atoms with Crippen LogP contribution in [0.25, 0.3) is 11.4 Å². The molecule has 0 aliphatic carbocycles. The monoisotopic (exact) mass is 257 g/mol. The number of imidazole rings is 1. The van der Waals surface area contributed by atoms with Crippen molar-refractivity contribution in [3.05, 3.63) is 36.7 Å². The van der Waals surface area contributed by atoms with Crippen LogP contribution in [-0.2, 0) is 0 Å². The summed E-state index contributed by atoms with van der Waals surface area (Å²) in [6.45, 7) is 2.17. The second kappa shape index (κ2) is 5.45.